The van der Waals surface area contributed by atoms with Gasteiger partial charge in [-0.2, -0.15) is 0 Å². The maximum Gasteiger partial charge on any atom is 0.341 e. The van der Waals surface area contributed by atoms with Gasteiger partial charge in [-0.3, -0.25) is 4.79 Å². The average molecular weight is 410 g/mol. The Morgan fingerprint density at radius 3 is 2.34 bits per heavy atom. The third kappa shape index (κ3) is 5.03. The number of esters is 1. The molecule has 0 aliphatic carbocycles. The van der Waals surface area contributed by atoms with Crippen molar-refractivity contribution in [3.05, 3.63) is 70.6 Å². The van der Waals surface area contributed by atoms with E-state index in [0.29, 0.717) is 10.6 Å². The Hall–Kier alpha value is -3.12. The molecular weight excluding hydrogens is 386 g/mol. The average Bonchev–Trinajstić information content (AvgIpc) is 3.12. The Morgan fingerprint density at radius 2 is 1.72 bits per heavy atom. The topological polar surface area (TPSA) is 64.6 Å². The first-order valence-electron chi connectivity index (χ1n) is 9.30. The number of amides is 1. The molecule has 0 atom stereocenters. The van der Waals surface area contributed by atoms with Gasteiger partial charge in [-0.05, 0) is 37.1 Å². The van der Waals surface area contributed by atoms with E-state index in [0.717, 1.165) is 28.0 Å². The molecule has 0 aliphatic heterocycles. The number of anilines is 1. The van der Waals surface area contributed by atoms with Crippen LogP contribution in [-0.2, 0) is 16.0 Å². The molecule has 0 fully saturated rings. The maximum absolute atomic E-state index is 12.6. The number of hydrogen-bond acceptors (Lipinski definition) is 5. The predicted octanol–water partition coefficient (Wildman–Crippen LogP) is 5.09. The fourth-order valence-electron chi connectivity index (χ4n) is 2.90. The summed E-state index contributed by atoms with van der Waals surface area (Å²) < 4.78 is 10.4. The second-order valence-electron chi connectivity index (χ2n) is 6.51. The lowest BCUT2D eigenvalue weighted by Gasteiger charge is -2.09. The van der Waals surface area contributed by atoms with Crippen molar-refractivity contribution in [2.24, 2.45) is 0 Å². The van der Waals surface area contributed by atoms with Gasteiger partial charge in [0.05, 0.1) is 20.1 Å². The molecule has 150 valence electrons. The van der Waals surface area contributed by atoms with E-state index in [9.17, 15) is 9.59 Å². The van der Waals surface area contributed by atoms with Gasteiger partial charge in [-0.1, -0.05) is 42.0 Å². The van der Waals surface area contributed by atoms with Crippen LogP contribution in [0.2, 0.25) is 0 Å². The van der Waals surface area contributed by atoms with Gasteiger partial charge in [0.15, 0.2) is 0 Å². The molecule has 0 spiro atoms. The summed E-state index contributed by atoms with van der Waals surface area (Å²) in [5, 5.41) is 5.25. The van der Waals surface area contributed by atoms with Crippen molar-refractivity contribution >= 4 is 28.2 Å². The van der Waals surface area contributed by atoms with Gasteiger partial charge in [0.1, 0.15) is 16.3 Å². The Morgan fingerprint density at radius 1 is 1.03 bits per heavy atom. The summed E-state index contributed by atoms with van der Waals surface area (Å²) in [7, 11) is 1.60. The van der Waals surface area contributed by atoms with Crippen molar-refractivity contribution < 1.29 is 19.1 Å². The van der Waals surface area contributed by atoms with Crippen molar-refractivity contribution in [2.75, 3.05) is 19.0 Å². The molecule has 0 saturated carbocycles. The van der Waals surface area contributed by atoms with Crippen LogP contribution in [0.25, 0.3) is 11.1 Å². The van der Waals surface area contributed by atoms with Crippen LogP contribution in [0, 0.1) is 6.92 Å². The summed E-state index contributed by atoms with van der Waals surface area (Å²) in [5.41, 5.74) is 4.05. The minimum Gasteiger partial charge on any atom is -0.497 e. The molecule has 29 heavy (non-hydrogen) atoms. The van der Waals surface area contributed by atoms with Crippen LogP contribution >= 0.6 is 11.3 Å². The van der Waals surface area contributed by atoms with E-state index >= 15 is 0 Å². The molecule has 0 bridgehead atoms. The molecule has 0 aliphatic rings. The number of rotatable bonds is 7. The summed E-state index contributed by atoms with van der Waals surface area (Å²) in [6.45, 7) is 4.04. The van der Waals surface area contributed by atoms with E-state index in [4.69, 9.17) is 9.47 Å². The van der Waals surface area contributed by atoms with Crippen molar-refractivity contribution in [2.45, 2.75) is 20.3 Å². The molecule has 0 saturated heterocycles. The van der Waals surface area contributed by atoms with Gasteiger partial charge >= 0.3 is 5.97 Å². The van der Waals surface area contributed by atoms with E-state index in [-0.39, 0.29) is 18.9 Å². The lowest BCUT2D eigenvalue weighted by molar-refractivity contribution is -0.115. The minimum atomic E-state index is -0.441. The van der Waals surface area contributed by atoms with Crippen molar-refractivity contribution in [1.82, 2.24) is 0 Å². The number of nitrogens with one attached hydrogen (secondary N) is 1. The maximum atomic E-state index is 12.6. The second-order valence-corrected chi connectivity index (χ2v) is 7.39. The van der Waals surface area contributed by atoms with Gasteiger partial charge in [0.2, 0.25) is 5.91 Å². The van der Waals surface area contributed by atoms with Gasteiger partial charge in [-0.25, -0.2) is 4.79 Å². The van der Waals surface area contributed by atoms with E-state index < -0.39 is 5.97 Å². The van der Waals surface area contributed by atoms with E-state index in [1.165, 1.54) is 11.3 Å². The number of thiophene rings is 1. The lowest BCUT2D eigenvalue weighted by atomic mass is 10.0. The fourth-order valence-corrected chi connectivity index (χ4v) is 3.87. The third-order valence-electron chi connectivity index (χ3n) is 4.41. The number of carbonyl (C=O) groups excluding carboxylic acids is 2. The molecule has 2 aromatic carbocycles. The largest absolute Gasteiger partial charge is 0.497 e. The van der Waals surface area contributed by atoms with Crippen LogP contribution in [0.15, 0.2) is 53.9 Å². The van der Waals surface area contributed by atoms with Crippen molar-refractivity contribution in [3.8, 4) is 16.9 Å². The smallest absolute Gasteiger partial charge is 0.341 e. The summed E-state index contributed by atoms with van der Waals surface area (Å²) >= 11 is 1.32. The predicted molar refractivity (Wildman–Crippen MR) is 116 cm³/mol. The Bertz CT molecular complexity index is 991. The quantitative estimate of drug-likeness (QED) is 0.552. The van der Waals surface area contributed by atoms with E-state index in [1.807, 2.05) is 60.8 Å². The standard InChI is InChI=1S/C23H23NO4S/c1-4-28-23(26)21-19(17-9-5-15(2)6-10-17)14-29-22(21)24-20(25)13-16-7-11-18(27-3)12-8-16/h5-12,14H,4,13H2,1-3H3,(H,24,25). The number of ether oxygens (including phenoxy) is 2. The molecule has 1 N–H and O–H groups in total. The lowest BCUT2D eigenvalue weighted by Crippen LogP contribution is -2.16. The first kappa shape index (κ1) is 20.6. The molecule has 0 unspecified atom stereocenters. The summed E-state index contributed by atoms with van der Waals surface area (Å²) in [4.78, 5) is 25.2. The number of aryl methyl sites for hydroxylation is 1. The van der Waals surface area contributed by atoms with Crippen molar-refractivity contribution in [1.29, 1.82) is 0 Å². The molecular formula is C23H23NO4S. The van der Waals surface area contributed by atoms with Crippen LogP contribution in [0.5, 0.6) is 5.75 Å². The Kier molecular flexibility index (Phi) is 6.67. The van der Waals surface area contributed by atoms with Crippen LogP contribution in [0.4, 0.5) is 5.00 Å². The molecule has 1 aromatic heterocycles. The van der Waals surface area contributed by atoms with Gasteiger partial charge in [-0.15, -0.1) is 11.3 Å². The third-order valence-corrected chi connectivity index (χ3v) is 5.31. The number of carbonyl (C=O) groups is 2. The highest BCUT2D eigenvalue weighted by atomic mass is 32.1. The molecule has 0 radical (unpaired) electrons. The molecule has 5 nitrogen and oxygen atoms in total. The zero-order valence-corrected chi connectivity index (χ0v) is 17.5. The first-order chi connectivity index (χ1) is 14.0. The number of methoxy groups -OCH3 is 1. The summed E-state index contributed by atoms with van der Waals surface area (Å²) in [6.07, 6.45) is 0.198. The van der Waals surface area contributed by atoms with Crippen LogP contribution in [-0.4, -0.2) is 25.6 Å². The monoisotopic (exact) mass is 409 g/mol. The summed E-state index contributed by atoms with van der Waals surface area (Å²) in [6, 6.07) is 15.2. The SMILES string of the molecule is CCOC(=O)c1c(-c2ccc(C)cc2)csc1NC(=O)Cc1ccc(OC)cc1. The summed E-state index contributed by atoms with van der Waals surface area (Å²) in [5.74, 6) is 0.0989. The van der Waals surface area contributed by atoms with E-state index in [2.05, 4.69) is 5.32 Å². The number of hydrogen-bond donors (Lipinski definition) is 1. The highest BCUT2D eigenvalue weighted by Crippen LogP contribution is 2.36. The highest BCUT2D eigenvalue weighted by Gasteiger charge is 2.22. The van der Waals surface area contributed by atoms with Gasteiger partial charge in [0.25, 0.3) is 0 Å². The normalized spacial score (nSPS) is 10.4. The van der Waals surface area contributed by atoms with Crippen molar-refractivity contribution in [3.63, 3.8) is 0 Å². The highest BCUT2D eigenvalue weighted by molar-refractivity contribution is 7.15. The molecule has 3 rings (SSSR count). The Labute approximate surface area is 174 Å². The first-order valence-corrected chi connectivity index (χ1v) is 10.2. The Balaban J connectivity index is 1.84. The number of benzene rings is 2. The molecule has 3 aromatic rings. The minimum absolute atomic E-state index is 0.196. The van der Waals surface area contributed by atoms with Crippen LogP contribution < -0.4 is 10.1 Å². The second kappa shape index (κ2) is 9.39. The van der Waals surface area contributed by atoms with Crippen LogP contribution in [0.1, 0.15) is 28.4 Å². The fraction of sp³-hybridized carbons (Fsp3) is 0.217. The van der Waals surface area contributed by atoms with Crippen LogP contribution in [0.3, 0.4) is 0 Å². The van der Waals surface area contributed by atoms with E-state index in [1.54, 1.807) is 14.0 Å². The zero-order chi connectivity index (χ0) is 20.8. The molecule has 1 amide bonds. The molecule has 1 heterocycles. The molecule has 6 heteroatoms. The van der Waals surface area contributed by atoms with Gasteiger partial charge < -0.3 is 14.8 Å². The zero-order valence-electron chi connectivity index (χ0n) is 16.7. The van der Waals surface area contributed by atoms with Gasteiger partial charge in [0, 0.05) is 10.9 Å².